The standard InChI is InChI=1S/C23H24FN5O/c1-28(2)23(30)20-17(24)11-16(21-22(20)26-12-25-21)14-8-9-19-18(10-14)27-13-29(19)15-6-4-3-5-7-15/h8-13,15H,3-7H2,1-2H3,(H,25,26). The number of imidazole rings is 2. The van der Waals surface area contributed by atoms with E-state index in [2.05, 4.69) is 25.6 Å². The van der Waals surface area contributed by atoms with E-state index in [0.29, 0.717) is 22.6 Å². The maximum absolute atomic E-state index is 15.0. The molecule has 2 heterocycles. The molecule has 30 heavy (non-hydrogen) atoms. The zero-order chi connectivity index (χ0) is 20.8. The van der Waals surface area contributed by atoms with E-state index < -0.39 is 11.7 Å². The lowest BCUT2D eigenvalue weighted by Crippen LogP contribution is -2.23. The third-order valence-electron chi connectivity index (χ3n) is 6.13. The molecule has 4 aromatic rings. The lowest BCUT2D eigenvalue weighted by Gasteiger charge is -2.23. The molecule has 1 aliphatic rings. The highest BCUT2D eigenvalue weighted by Gasteiger charge is 2.23. The predicted octanol–water partition coefficient (Wildman–Crippen LogP) is 4.93. The zero-order valence-electron chi connectivity index (χ0n) is 17.2. The quantitative estimate of drug-likeness (QED) is 0.526. The highest BCUT2D eigenvalue weighted by molar-refractivity contribution is 6.08. The van der Waals surface area contributed by atoms with E-state index in [9.17, 15) is 9.18 Å². The summed E-state index contributed by atoms with van der Waals surface area (Å²) in [4.78, 5) is 25.8. The summed E-state index contributed by atoms with van der Waals surface area (Å²) in [5.74, 6) is -0.955. The Morgan fingerprint density at radius 1 is 1.17 bits per heavy atom. The average Bonchev–Trinajstić information content (AvgIpc) is 3.40. The van der Waals surface area contributed by atoms with Crippen LogP contribution in [0.4, 0.5) is 4.39 Å². The smallest absolute Gasteiger partial charge is 0.258 e. The third kappa shape index (κ3) is 2.96. The Balaban J connectivity index is 1.61. The lowest BCUT2D eigenvalue weighted by molar-refractivity contribution is 0.0825. The van der Waals surface area contributed by atoms with E-state index in [0.717, 1.165) is 16.6 Å². The minimum Gasteiger partial charge on any atom is -0.345 e. The maximum Gasteiger partial charge on any atom is 0.258 e. The summed E-state index contributed by atoms with van der Waals surface area (Å²) >= 11 is 0. The summed E-state index contributed by atoms with van der Waals surface area (Å²) in [6.45, 7) is 0. The van der Waals surface area contributed by atoms with Crippen LogP contribution in [0.1, 0.15) is 48.5 Å². The Hall–Kier alpha value is -3.22. The van der Waals surface area contributed by atoms with Crippen LogP contribution in [0, 0.1) is 5.82 Å². The number of hydrogen-bond acceptors (Lipinski definition) is 3. The zero-order valence-corrected chi connectivity index (χ0v) is 17.2. The predicted molar refractivity (Wildman–Crippen MR) is 115 cm³/mol. The summed E-state index contributed by atoms with van der Waals surface area (Å²) in [7, 11) is 3.21. The Morgan fingerprint density at radius 3 is 2.73 bits per heavy atom. The Bertz CT molecular complexity index is 1250. The lowest BCUT2D eigenvalue weighted by atomic mass is 9.95. The van der Waals surface area contributed by atoms with Crippen LogP contribution in [-0.4, -0.2) is 44.4 Å². The second-order valence-corrected chi connectivity index (χ2v) is 8.25. The van der Waals surface area contributed by atoms with Crippen molar-refractivity contribution >= 4 is 28.0 Å². The molecule has 5 rings (SSSR count). The van der Waals surface area contributed by atoms with E-state index in [1.807, 2.05) is 18.5 Å². The van der Waals surface area contributed by atoms with Gasteiger partial charge in [0, 0.05) is 25.7 Å². The van der Waals surface area contributed by atoms with Crippen LogP contribution in [0.3, 0.4) is 0 Å². The van der Waals surface area contributed by atoms with Crippen molar-refractivity contribution in [3.8, 4) is 11.1 Å². The number of H-pyrrole nitrogens is 1. The van der Waals surface area contributed by atoms with Crippen LogP contribution in [0.15, 0.2) is 36.9 Å². The van der Waals surface area contributed by atoms with Gasteiger partial charge in [0.1, 0.15) is 11.4 Å². The van der Waals surface area contributed by atoms with Gasteiger partial charge in [-0.1, -0.05) is 25.3 Å². The molecule has 6 nitrogen and oxygen atoms in total. The molecule has 2 aromatic heterocycles. The first-order valence-electron chi connectivity index (χ1n) is 10.4. The molecule has 1 amide bonds. The van der Waals surface area contributed by atoms with Gasteiger partial charge in [0.05, 0.1) is 34.7 Å². The largest absolute Gasteiger partial charge is 0.345 e. The molecule has 0 radical (unpaired) electrons. The number of aromatic amines is 1. The van der Waals surface area contributed by atoms with Crippen molar-refractivity contribution in [2.45, 2.75) is 38.1 Å². The topological polar surface area (TPSA) is 66.8 Å². The number of nitrogens with zero attached hydrogens (tertiary/aromatic N) is 4. The molecule has 1 saturated carbocycles. The van der Waals surface area contributed by atoms with Gasteiger partial charge < -0.3 is 14.5 Å². The molecule has 1 aliphatic carbocycles. The van der Waals surface area contributed by atoms with Crippen molar-refractivity contribution < 1.29 is 9.18 Å². The van der Waals surface area contributed by atoms with Crippen molar-refractivity contribution in [1.82, 2.24) is 24.4 Å². The minimum absolute atomic E-state index is 0.0129. The van der Waals surface area contributed by atoms with Crippen LogP contribution in [0.2, 0.25) is 0 Å². The van der Waals surface area contributed by atoms with Gasteiger partial charge in [-0.2, -0.15) is 0 Å². The number of aromatic nitrogens is 4. The number of fused-ring (bicyclic) bond motifs is 2. The number of rotatable bonds is 3. The molecule has 154 valence electrons. The Kier molecular flexibility index (Phi) is 4.53. The first-order chi connectivity index (χ1) is 14.5. The summed E-state index contributed by atoms with van der Waals surface area (Å²) in [6, 6.07) is 7.92. The molecule has 0 atom stereocenters. The van der Waals surface area contributed by atoms with E-state index in [1.54, 1.807) is 14.1 Å². The fraction of sp³-hybridized carbons (Fsp3) is 0.348. The molecular weight excluding hydrogens is 381 g/mol. The molecule has 2 aromatic carbocycles. The Morgan fingerprint density at radius 2 is 1.97 bits per heavy atom. The van der Waals surface area contributed by atoms with Gasteiger partial charge in [-0.15, -0.1) is 0 Å². The fourth-order valence-corrected chi connectivity index (χ4v) is 4.58. The van der Waals surface area contributed by atoms with E-state index in [4.69, 9.17) is 0 Å². The van der Waals surface area contributed by atoms with Gasteiger partial charge in [0.25, 0.3) is 5.91 Å². The number of halogens is 1. The minimum atomic E-state index is -0.562. The van der Waals surface area contributed by atoms with Crippen LogP contribution in [0.5, 0.6) is 0 Å². The summed E-state index contributed by atoms with van der Waals surface area (Å²) in [6.07, 6.45) is 9.63. The van der Waals surface area contributed by atoms with Crippen LogP contribution in [0.25, 0.3) is 33.2 Å². The summed E-state index contributed by atoms with van der Waals surface area (Å²) in [5.41, 5.74) is 4.46. The average molecular weight is 405 g/mol. The van der Waals surface area contributed by atoms with E-state index >= 15 is 0 Å². The number of hydrogen-bond donors (Lipinski definition) is 1. The van der Waals surface area contributed by atoms with Crippen LogP contribution < -0.4 is 0 Å². The fourth-order valence-electron chi connectivity index (χ4n) is 4.58. The van der Waals surface area contributed by atoms with Crippen LogP contribution >= 0.6 is 0 Å². The van der Waals surface area contributed by atoms with Gasteiger partial charge in [0.15, 0.2) is 0 Å². The van der Waals surface area contributed by atoms with Crippen molar-refractivity contribution in [1.29, 1.82) is 0 Å². The number of benzene rings is 2. The van der Waals surface area contributed by atoms with Gasteiger partial charge in [-0.3, -0.25) is 4.79 Å². The SMILES string of the molecule is CN(C)C(=O)c1c(F)cc(-c2ccc3c(c2)ncn3C2CCCCC2)c2nc[nH]c12. The van der Waals surface area contributed by atoms with Gasteiger partial charge in [-0.05, 0) is 36.6 Å². The van der Waals surface area contributed by atoms with Gasteiger partial charge in [0.2, 0.25) is 0 Å². The van der Waals surface area contributed by atoms with Gasteiger partial charge in [-0.25, -0.2) is 14.4 Å². The normalized spacial score (nSPS) is 15.2. The van der Waals surface area contributed by atoms with E-state index in [-0.39, 0.29) is 5.56 Å². The first-order valence-corrected chi connectivity index (χ1v) is 10.4. The molecule has 7 heteroatoms. The second kappa shape index (κ2) is 7.23. The first kappa shape index (κ1) is 18.8. The summed E-state index contributed by atoms with van der Waals surface area (Å²) in [5, 5.41) is 0. The Labute approximate surface area is 173 Å². The molecule has 1 fully saturated rings. The summed E-state index contributed by atoms with van der Waals surface area (Å²) < 4.78 is 17.3. The van der Waals surface area contributed by atoms with Crippen molar-refractivity contribution in [2.75, 3.05) is 14.1 Å². The van der Waals surface area contributed by atoms with E-state index in [1.165, 1.54) is 49.4 Å². The number of carbonyl (C=O) groups is 1. The van der Waals surface area contributed by atoms with Crippen molar-refractivity contribution in [2.24, 2.45) is 0 Å². The maximum atomic E-state index is 15.0. The number of carbonyl (C=O) groups excluding carboxylic acids is 1. The molecule has 1 N–H and O–H groups in total. The van der Waals surface area contributed by atoms with Crippen molar-refractivity contribution in [3.05, 3.63) is 48.3 Å². The highest BCUT2D eigenvalue weighted by Crippen LogP contribution is 2.35. The highest BCUT2D eigenvalue weighted by atomic mass is 19.1. The number of amides is 1. The molecule has 0 aliphatic heterocycles. The van der Waals surface area contributed by atoms with Crippen molar-refractivity contribution in [3.63, 3.8) is 0 Å². The van der Waals surface area contributed by atoms with Crippen LogP contribution in [-0.2, 0) is 0 Å². The monoisotopic (exact) mass is 405 g/mol. The third-order valence-corrected chi connectivity index (χ3v) is 6.13. The number of nitrogens with one attached hydrogen (secondary N) is 1. The molecule has 0 bridgehead atoms. The van der Waals surface area contributed by atoms with Gasteiger partial charge >= 0.3 is 0 Å². The molecule has 0 spiro atoms. The molecular formula is C23H24FN5O. The molecule has 0 unspecified atom stereocenters. The second-order valence-electron chi connectivity index (χ2n) is 8.25. The molecule has 0 saturated heterocycles.